The molecule has 2 aliphatic rings. The molecule has 94 valence electrons. The van der Waals surface area contributed by atoms with E-state index >= 15 is 0 Å². The summed E-state index contributed by atoms with van der Waals surface area (Å²) in [6.45, 7) is 9.92. The molecular formula is C14H21NO2. The number of rotatable bonds is 0. The van der Waals surface area contributed by atoms with E-state index in [4.69, 9.17) is 0 Å². The van der Waals surface area contributed by atoms with Gasteiger partial charge in [-0.15, -0.1) is 0 Å². The van der Waals surface area contributed by atoms with Crippen molar-refractivity contribution in [3.63, 3.8) is 0 Å². The number of carbonyl (C=O) groups is 2. The van der Waals surface area contributed by atoms with Gasteiger partial charge in [-0.3, -0.25) is 14.5 Å². The number of nitrogens with zero attached hydrogens (tertiary/aromatic N) is 1. The van der Waals surface area contributed by atoms with Crippen LogP contribution in [-0.2, 0) is 9.59 Å². The van der Waals surface area contributed by atoms with E-state index in [1.807, 2.05) is 20.8 Å². The monoisotopic (exact) mass is 235 g/mol. The number of allylic oxidation sites excluding steroid dienone is 2. The maximum Gasteiger partial charge on any atom is 0.233 e. The molecule has 17 heavy (non-hydrogen) atoms. The summed E-state index contributed by atoms with van der Waals surface area (Å²) in [6, 6.07) is 0. The molecule has 0 spiro atoms. The zero-order valence-corrected chi connectivity index (χ0v) is 11.3. The third-order valence-electron chi connectivity index (χ3n) is 4.01. The van der Waals surface area contributed by atoms with Crippen molar-refractivity contribution in [2.45, 2.75) is 53.0 Å². The first-order valence-electron chi connectivity index (χ1n) is 6.26. The second kappa shape index (κ2) is 3.69. The lowest BCUT2D eigenvalue weighted by Crippen LogP contribution is -2.46. The molecule has 3 heteroatoms. The van der Waals surface area contributed by atoms with Gasteiger partial charge in [0, 0.05) is 5.54 Å². The van der Waals surface area contributed by atoms with Gasteiger partial charge in [0.25, 0.3) is 0 Å². The first kappa shape index (κ1) is 12.3. The summed E-state index contributed by atoms with van der Waals surface area (Å²) in [4.78, 5) is 26.1. The van der Waals surface area contributed by atoms with Crippen LogP contribution in [0.5, 0.6) is 0 Å². The van der Waals surface area contributed by atoms with Crippen LogP contribution in [0.1, 0.15) is 47.5 Å². The van der Waals surface area contributed by atoms with Crippen molar-refractivity contribution in [1.29, 1.82) is 0 Å². The second-order valence-electron chi connectivity index (χ2n) is 6.36. The van der Waals surface area contributed by atoms with Crippen molar-refractivity contribution >= 4 is 11.8 Å². The number of imide groups is 1. The molecule has 0 aromatic rings. The van der Waals surface area contributed by atoms with Crippen LogP contribution in [-0.4, -0.2) is 22.3 Å². The summed E-state index contributed by atoms with van der Waals surface area (Å²) < 4.78 is 0. The molecule has 0 aromatic carbocycles. The van der Waals surface area contributed by atoms with E-state index < -0.39 is 5.54 Å². The molecule has 1 aliphatic heterocycles. The van der Waals surface area contributed by atoms with Gasteiger partial charge >= 0.3 is 0 Å². The molecule has 2 rings (SSSR count). The fourth-order valence-electron chi connectivity index (χ4n) is 2.91. The van der Waals surface area contributed by atoms with E-state index in [1.54, 1.807) is 0 Å². The smallest absolute Gasteiger partial charge is 0.233 e. The molecule has 0 unspecified atom stereocenters. The first-order valence-corrected chi connectivity index (χ1v) is 6.26. The number of hydrogen-bond donors (Lipinski definition) is 0. The Morgan fingerprint density at radius 2 is 1.29 bits per heavy atom. The molecular weight excluding hydrogens is 214 g/mol. The van der Waals surface area contributed by atoms with Gasteiger partial charge in [0.05, 0.1) is 11.8 Å². The van der Waals surface area contributed by atoms with Crippen molar-refractivity contribution in [1.82, 2.24) is 4.90 Å². The average molecular weight is 235 g/mol. The minimum Gasteiger partial charge on any atom is -0.277 e. The van der Waals surface area contributed by atoms with Crippen LogP contribution in [0.2, 0.25) is 0 Å². The number of hydrogen-bond acceptors (Lipinski definition) is 2. The first-order chi connectivity index (χ1) is 7.73. The number of likely N-dealkylation sites (tertiary alicyclic amines) is 1. The fraction of sp³-hybridized carbons (Fsp3) is 0.714. The zero-order valence-electron chi connectivity index (χ0n) is 11.3. The molecule has 1 heterocycles. The van der Waals surface area contributed by atoms with E-state index in [2.05, 4.69) is 13.8 Å². The highest BCUT2D eigenvalue weighted by Gasteiger charge is 2.52. The average Bonchev–Trinajstić information content (AvgIpc) is 2.40. The quantitative estimate of drug-likeness (QED) is 0.478. The zero-order chi connectivity index (χ0) is 13.0. The lowest BCUT2D eigenvalue weighted by Gasteiger charge is -2.30. The van der Waals surface area contributed by atoms with Crippen molar-refractivity contribution in [2.24, 2.45) is 11.8 Å². The Bertz CT molecular complexity index is 382. The highest BCUT2D eigenvalue weighted by molar-refractivity contribution is 6.06. The Morgan fingerprint density at radius 1 is 0.941 bits per heavy atom. The van der Waals surface area contributed by atoms with Crippen LogP contribution in [0.15, 0.2) is 11.1 Å². The molecule has 2 amide bonds. The van der Waals surface area contributed by atoms with Crippen molar-refractivity contribution in [3.05, 3.63) is 11.1 Å². The highest BCUT2D eigenvalue weighted by atomic mass is 16.2. The van der Waals surface area contributed by atoms with E-state index in [0.29, 0.717) is 0 Å². The fourth-order valence-corrected chi connectivity index (χ4v) is 2.91. The van der Waals surface area contributed by atoms with Crippen molar-refractivity contribution in [2.75, 3.05) is 0 Å². The van der Waals surface area contributed by atoms with Gasteiger partial charge < -0.3 is 0 Å². The summed E-state index contributed by atoms with van der Waals surface area (Å²) in [5, 5.41) is 0. The summed E-state index contributed by atoms with van der Waals surface area (Å²) in [5.74, 6) is -0.158. The van der Waals surface area contributed by atoms with Crippen LogP contribution in [0.25, 0.3) is 0 Å². The molecule has 0 N–H and O–H groups in total. The van der Waals surface area contributed by atoms with Crippen LogP contribution < -0.4 is 0 Å². The topological polar surface area (TPSA) is 37.4 Å². The molecule has 0 saturated carbocycles. The van der Waals surface area contributed by atoms with Crippen LogP contribution in [0.4, 0.5) is 0 Å². The minimum atomic E-state index is -0.396. The van der Waals surface area contributed by atoms with E-state index in [1.165, 1.54) is 16.0 Å². The Labute approximate surface area is 103 Å². The summed E-state index contributed by atoms with van der Waals surface area (Å²) in [5.41, 5.74) is 2.17. The summed E-state index contributed by atoms with van der Waals surface area (Å²) in [6.07, 6.45) is 1.52. The molecule has 0 radical (unpaired) electrons. The van der Waals surface area contributed by atoms with E-state index in [0.717, 1.165) is 12.8 Å². The molecule has 1 fully saturated rings. The molecule has 1 aliphatic carbocycles. The van der Waals surface area contributed by atoms with Gasteiger partial charge in [-0.1, -0.05) is 11.1 Å². The van der Waals surface area contributed by atoms with Gasteiger partial charge in [0.1, 0.15) is 0 Å². The lowest BCUT2D eigenvalue weighted by molar-refractivity contribution is -0.145. The van der Waals surface area contributed by atoms with Crippen LogP contribution >= 0.6 is 0 Å². The maximum absolute atomic E-state index is 12.3. The van der Waals surface area contributed by atoms with Gasteiger partial charge in [-0.05, 0) is 47.5 Å². The van der Waals surface area contributed by atoms with Gasteiger partial charge in [0.15, 0.2) is 0 Å². The Morgan fingerprint density at radius 3 is 1.59 bits per heavy atom. The summed E-state index contributed by atoms with van der Waals surface area (Å²) in [7, 11) is 0. The number of carbonyl (C=O) groups excluding carboxylic acids is 2. The maximum atomic E-state index is 12.3. The van der Waals surface area contributed by atoms with Gasteiger partial charge in [0.2, 0.25) is 11.8 Å². The minimum absolute atomic E-state index is 0.0272. The standard InChI is InChI=1S/C14H21NO2/c1-8-6-10-11(7-9(8)2)13(17)15(12(10)16)14(3,4)5/h10-11H,6-7H2,1-5H3/t10-,11-/m0/s1. The number of fused-ring (bicyclic) bond motifs is 1. The van der Waals surface area contributed by atoms with Crippen LogP contribution in [0.3, 0.4) is 0 Å². The molecule has 2 atom stereocenters. The van der Waals surface area contributed by atoms with Crippen molar-refractivity contribution in [3.8, 4) is 0 Å². The van der Waals surface area contributed by atoms with E-state index in [9.17, 15) is 9.59 Å². The molecule has 1 saturated heterocycles. The van der Waals surface area contributed by atoms with E-state index in [-0.39, 0.29) is 23.7 Å². The molecule has 0 aromatic heterocycles. The predicted molar refractivity (Wildman–Crippen MR) is 66.2 cm³/mol. The molecule has 0 bridgehead atoms. The Kier molecular flexibility index (Phi) is 2.68. The third-order valence-corrected chi connectivity index (χ3v) is 4.01. The van der Waals surface area contributed by atoms with Crippen LogP contribution in [0, 0.1) is 11.8 Å². The van der Waals surface area contributed by atoms with Gasteiger partial charge in [-0.2, -0.15) is 0 Å². The normalized spacial score (nSPS) is 30.1. The lowest BCUT2D eigenvalue weighted by atomic mass is 9.78. The number of amides is 2. The predicted octanol–water partition coefficient (Wildman–Crippen LogP) is 2.52. The largest absolute Gasteiger partial charge is 0.277 e. The second-order valence-corrected chi connectivity index (χ2v) is 6.36. The summed E-state index contributed by atoms with van der Waals surface area (Å²) >= 11 is 0. The molecule has 3 nitrogen and oxygen atoms in total. The third kappa shape index (κ3) is 1.81. The Balaban J connectivity index is 2.35. The Hall–Kier alpha value is -1.12. The van der Waals surface area contributed by atoms with Crippen molar-refractivity contribution < 1.29 is 9.59 Å². The highest BCUT2D eigenvalue weighted by Crippen LogP contribution is 2.42. The van der Waals surface area contributed by atoms with Gasteiger partial charge in [-0.25, -0.2) is 0 Å². The SMILES string of the molecule is CC1=C(C)C[C@@H]2C(=O)N(C(C)(C)C)C(=O)[C@H]2C1.